The molecule has 1 fully saturated rings. The largest absolute Gasteiger partial charge is 0.467 e. The van der Waals surface area contributed by atoms with Crippen LogP contribution in [0.2, 0.25) is 0 Å². The Morgan fingerprint density at radius 3 is 2.25 bits per heavy atom. The lowest BCUT2D eigenvalue weighted by Gasteiger charge is -2.43. The van der Waals surface area contributed by atoms with Crippen molar-refractivity contribution >= 4 is 31.6 Å². The number of benzene rings is 1. The van der Waals surface area contributed by atoms with Crippen LogP contribution in [0.25, 0.3) is 0 Å². The number of nitrogens with one attached hydrogen (secondary N) is 2. The molecule has 28 heavy (non-hydrogen) atoms. The van der Waals surface area contributed by atoms with E-state index in [1.165, 1.54) is 0 Å². The molecular weight excluding hydrogens is 393 g/mol. The summed E-state index contributed by atoms with van der Waals surface area (Å²) in [5.74, 6) is -2.31. The highest BCUT2D eigenvalue weighted by Crippen LogP contribution is 2.42. The quantitative estimate of drug-likeness (QED) is 0.367. The number of rotatable bonds is 7. The van der Waals surface area contributed by atoms with Gasteiger partial charge in [-0.25, -0.2) is 24.1 Å². The van der Waals surface area contributed by atoms with Crippen molar-refractivity contribution in [3.8, 4) is 0 Å². The summed E-state index contributed by atoms with van der Waals surface area (Å²) in [7, 11) is -0.850. The number of hydrogen-bond acceptors (Lipinski definition) is 8. The third-order valence-corrected chi connectivity index (χ3v) is 5.42. The number of hydrogen-bond donors (Lipinski definition) is 2. The van der Waals surface area contributed by atoms with Crippen LogP contribution >= 0.6 is 7.75 Å². The first-order valence-corrected chi connectivity index (χ1v) is 9.58. The highest BCUT2D eigenvalue weighted by molar-refractivity contribution is 7.52. The van der Waals surface area contributed by atoms with E-state index in [-0.39, 0.29) is 6.42 Å². The Bertz CT molecular complexity index is 807. The molecule has 0 aromatic heterocycles. The third kappa shape index (κ3) is 4.56. The number of β-lactam (4-membered cyclic amide) rings is 1. The molecule has 152 valence electrons. The summed E-state index contributed by atoms with van der Waals surface area (Å²) in [5.41, 5.74) is 0.706. The number of likely N-dealkylation sites (tertiary alicyclic amines) is 1. The van der Waals surface area contributed by atoms with Crippen molar-refractivity contribution in [3.05, 3.63) is 35.9 Å². The number of carbonyl (C=O) groups excluding carboxylic acids is 4. The van der Waals surface area contributed by atoms with Gasteiger partial charge in [-0.3, -0.25) is 18.6 Å². The molecule has 1 aromatic carbocycles. The molecule has 0 aliphatic carbocycles. The van der Waals surface area contributed by atoms with E-state index < -0.39 is 43.6 Å². The normalized spacial score (nSPS) is 18.8. The second-order valence-electron chi connectivity index (χ2n) is 5.66. The zero-order valence-corrected chi connectivity index (χ0v) is 16.3. The Kier molecular flexibility index (Phi) is 6.90. The van der Waals surface area contributed by atoms with Crippen molar-refractivity contribution in [1.29, 1.82) is 0 Å². The summed E-state index contributed by atoms with van der Waals surface area (Å²) in [4.78, 5) is 49.3. The van der Waals surface area contributed by atoms with E-state index in [4.69, 9.17) is 0 Å². The minimum Gasteiger partial charge on any atom is -0.467 e. The topological polar surface area (TPSA) is 140 Å². The molecule has 2 unspecified atom stereocenters. The van der Waals surface area contributed by atoms with E-state index in [0.29, 0.717) is 10.5 Å². The highest BCUT2D eigenvalue weighted by Gasteiger charge is 2.57. The van der Waals surface area contributed by atoms with E-state index in [1.807, 2.05) is 5.09 Å². The van der Waals surface area contributed by atoms with Crippen molar-refractivity contribution in [2.24, 2.45) is 0 Å². The number of methoxy groups -OCH3 is 1. The van der Waals surface area contributed by atoms with Crippen LogP contribution in [-0.2, 0) is 39.2 Å². The van der Waals surface area contributed by atoms with Crippen LogP contribution in [-0.4, -0.2) is 62.1 Å². The van der Waals surface area contributed by atoms with E-state index in [9.17, 15) is 23.7 Å². The minimum absolute atomic E-state index is 0.0206. The first kappa shape index (κ1) is 21.5. The maximum atomic E-state index is 12.4. The molecule has 2 atom stereocenters. The van der Waals surface area contributed by atoms with Crippen LogP contribution in [0.4, 0.5) is 4.79 Å². The van der Waals surface area contributed by atoms with Gasteiger partial charge in [0, 0.05) is 14.2 Å². The van der Waals surface area contributed by atoms with Crippen LogP contribution in [0.5, 0.6) is 0 Å². The van der Waals surface area contributed by atoms with Crippen molar-refractivity contribution in [2.75, 3.05) is 21.3 Å². The minimum atomic E-state index is -3.99. The van der Waals surface area contributed by atoms with E-state index in [1.54, 1.807) is 30.3 Å². The van der Waals surface area contributed by atoms with E-state index in [0.717, 1.165) is 21.3 Å². The van der Waals surface area contributed by atoms with Gasteiger partial charge in [-0.2, -0.15) is 0 Å². The maximum absolute atomic E-state index is 12.4. The van der Waals surface area contributed by atoms with Gasteiger partial charge in [-0.15, -0.1) is 0 Å². The average molecular weight is 413 g/mol. The number of nitrogens with zero attached hydrogens (tertiary/aromatic N) is 1. The summed E-state index contributed by atoms with van der Waals surface area (Å²) < 4.78 is 25.8. The summed E-state index contributed by atoms with van der Waals surface area (Å²) in [6, 6.07) is 4.87. The fourth-order valence-corrected chi connectivity index (χ4v) is 3.23. The molecule has 1 aliphatic rings. The fraction of sp³-hybridized carbons (Fsp3) is 0.375. The molecule has 0 bridgehead atoms. The van der Waals surface area contributed by atoms with E-state index >= 15 is 0 Å². The lowest BCUT2D eigenvalue weighted by molar-refractivity contribution is -0.164. The molecular formula is C16H20N3O8P. The van der Waals surface area contributed by atoms with Crippen molar-refractivity contribution in [2.45, 2.75) is 18.5 Å². The summed E-state index contributed by atoms with van der Waals surface area (Å²) >= 11 is 0. The van der Waals surface area contributed by atoms with Gasteiger partial charge < -0.3 is 10.1 Å². The molecule has 1 aromatic rings. The first-order valence-electron chi connectivity index (χ1n) is 8.04. The molecule has 0 saturated carbocycles. The Labute approximate surface area is 160 Å². The van der Waals surface area contributed by atoms with Gasteiger partial charge in [0.2, 0.25) is 5.91 Å². The second kappa shape index (κ2) is 8.96. The first-order chi connectivity index (χ1) is 13.3. The van der Waals surface area contributed by atoms with Gasteiger partial charge in [0.15, 0.2) is 6.04 Å². The highest BCUT2D eigenvalue weighted by atomic mass is 31.2. The zero-order chi connectivity index (χ0) is 20.9. The van der Waals surface area contributed by atoms with Gasteiger partial charge in [-0.05, 0) is 5.56 Å². The van der Waals surface area contributed by atoms with Gasteiger partial charge in [0.1, 0.15) is 6.04 Å². The fourth-order valence-electron chi connectivity index (χ4n) is 2.56. The van der Waals surface area contributed by atoms with Crippen molar-refractivity contribution < 1.29 is 37.5 Å². The van der Waals surface area contributed by atoms with Gasteiger partial charge in [0.05, 0.1) is 13.5 Å². The SMILES string of the molecule is COC(=O)C1C(NC(=O)Cc2ccccc2)C(=O)N1C(=O)NP(=O)(OC)OC. The Hall–Kier alpha value is -2.75. The Balaban J connectivity index is 2.10. The predicted octanol–water partition coefficient (Wildman–Crippen LogP) is 0.208. The number of ether oxygens (including phenoxy) is 1. The standard InChI is InChI=1S/C16H20N3O8P/c1-25-15(22)13-12(17-11(20)9-10-7-5-4-6-8-10)14(21)19(13)16(23)18-28(24,26-2)27-3/h4-8,12-13H,9H2,1-3H3,(H,17,20)(H,18,23,24). The Morgan fingerprint density at radius 2 is 1.71 bits per heavy atom. The maximum Gasteiger partial charge on any atom is 0.435 e. The van der Waals surface area contributed by atoms with Crippen LogP contribution in [0.1, 0.15) is 5.56 Å². The lowest BCUT2D eigenvalue weighted by atomic mass is 9.95. The van der Waals surface area contributed by atoms with Crippen molar-refractivity contribution in [1.82, 2.24) is 15.3 Å². The Morgan fingerprint density at radius 1 is 1.11 bits per heavy atom. The number of imide groups is 1. The van der Waals surface area contributed by atoms with E-state index in [2.05, 4.69) is 19.1 Å². The molecule has 1 aliphatic heterocycles. The number of amides is 4. The smallest absolute Gasteiger partial charge is 0.435 e. The molecule has 2 N–H and O–H groups in total. The van der Waals surface area contributed by atoms with Crippen molar-refractivity contribution in [3.63, 3.8) is 0 Å². The molecule has 11 nitrogen and oxygen atoms in total. The van der Waals surface area contributed by atoms with Gasteiger partial charge in [0.25, 0.3) is 5.91 Å². The third-order valence-electron chi connectivity index (χ3n) is 4.00. The molecule has 0 spiro atoms. The van der Waals surface area contributed by atoms with Gasteiger partial charge >= 0.3 is 19.7 Å². The van der Waals surface area contributed by atoms with Crippen LogP contribution < -0.4 is 10.4 Å². The second-order valence-corrected chi connectivity index (χ2v) is 7.61. The lowest BCUT2D eigenvalue weighted by Crippen LogP contribution is -2.75. The zero-order valence-electron chi connectivity index (χ0n) is 15.4. The predicted molar refractivity (Wildman–Crippen MR) is 94.9 cm³/mol. The molecule has 12 heteroatoms. The molecule has 1 saturated heterocycles. The van der Waals surface area contributed by atoms with Crippen LogP contribution in [0.15, 0.2) is 30.3 Å². The number of carbonyl (C=O) groups is 4. The van der Waals surface area contributed by atoms with Crippen LogP contribution in [0.3, 0.4) is 0 Å². The monoisotopic (exact) mass is 413 g/mol. The molecule has 4 amide bonds. The van der Waals surface area contributed by atoms with Gasteiger partial charge in [-0.1, -0.05) is 30.3 Å². The van der Waals surface area contributed by atoms with Crippen LogP contribution in [0, 0.1) is 0 Å². The summed E-state index contributed by atoms with van der Waals surface area (Å²) in [6.45, 7) is 0. The summed E-state index contributed by atoms with van der Waals surface area (Å²) in [5, 5.41) is 4.32. The average Bonchev–Trinajstić information content (AvgIpc) is 2.69. The molecule has 1 heterocycles. The summed E-state index contributed by atoms with van der Waals surface area (Å²) in [6.07, 6.45) is -0.0206. The number of esters is 1. The number of urea groups is 1. The molecule has 2 rings (SSSR count). The molecule has 0 radical (unpaired) electrons.